The molecule has 106 valence electrons. The summed E-state index contributed by atoms with van der Waals surface area (Å²) in [6.45, 7) is 8.03. The van der Waals surface area contributed by atoms with E-state index in [0.717, 1.165) is 39.1 Å². The van der Waals surface area contributed by atoms with Crippen molar-refractivity contribution in [2.24, 2.45) is 0 Å². The van der Waals surface area contributed by atoms with Gasteiger partial charge in [0.25, 0.3) is 0 Å². The van der Waals surface area contributed by atoms with Gasteiger partial charge in [-0.1, -0.05) is 6.07 Å². The van der Waals surface area contributed by atoms with Crippen LogP contribution in [0.15, 0.2) is 12.1 Å². The van der Waals surface area contributed by atoms with Gasteiger partial charge in [0, 0.05) is 11.3 Å². The molecule has 2 rings (SSSR count). The molecule has 0 spiro atoms. The summed E-state index contributed by atoms with van der Waals surface area (Å²) in [6.07, 6.45) is 0. The minimum Gasteiger partial charge on any atom is -0.399 e. The zero-order valence-electron chi connectivity index (χ0n) is 12.5. The van der Waals surface area contributed by atoms with Gasteiger partial charge in [-0.3, -0.25) is 0 Å². The minimum absolute atomic E-state index is 0.456. The summed E-state index contributed by atoms with van der Waals surface area (Å²) in [5.74, 6) is 0. The second kappa shape index (κ2) is 4.63. The molecule has 0 radical (unpaired) electrons. The van der Waals surface area contributed by atoms with Crippen LogP contribution in [0.1, 0.15) is 22.3 Å². The van der Waals surface area contributed by atoms with E-state index in [-0.39, 0.29) is 0 Å². The van der Waals surface area contributed by atoms with Crippen LogP contribution in [0, 0.1) is 27.7 Å². The third-order valence-corrected chi connectivity index (χ3v) is 4.29. The molecule has 0 unspecified atom stereocenters. The number of nitrogen functional groups attached to an aromatic ring is 4. The molecule has 0 fully saturated rings. The van der Waals surface area contributed by atoms with E-state index < -0.39 is 0 Å². The molecule has 0 aliphatic carbocycles. The highest BCUT2D eigenvalue weighted by molar-refractivity contribution is 5.95. The third kappa shape index (κ3) is 1.84. The van der Waals surface area contributed by atoms with Gasteiger partial charge in [0.2, 0.25) is 0 Å². The number of benzene rings is 2. The Balaban J connectivity index is 2.87. The van der Waals surface area contributed by atoms with Gasteiger partial charge in [-0.15, -0.1) is 0 Å². The zero-order valence-corrected chi connectivity index (χ0v) is 12.5. The lowest BCUT2D eigenvalue weighted by Gasteiger charge is -2.20. The van der Waals surface area contributed by atoms with Crippen LogP contribution in [0.5, 0.6) is 0 Å². The standard InChI is InChI=1S/C16H22N4/c1-7-8(2)12(17)6-5-11(7)13-9(3)10(4)14(18)16(20)15(13)19/h5-6H,17-20H2,1-4H3. The van der Waals surface area contributed by atoms with E-state index in [1.165, 1.54) is 0 Å². The van der Waals surface area contributed by atoms with Crippen molar-refractivity contribution in [1.29, 1.82) is 0 Å². The molecule has 4 nitrogen and oxygen atoms in total. The average molecular weight is 270 g/mol. The number of hydrogen-bond acceptors (Lipinski definition) is 4. The van der Waals surface area contributed by atoms with Crippen molar-refractivity contribution < 1.29 is 0 Å². The molecule has 0 saturated carbocycles. The molecule has 0 aliphatic heterocycles. The summed E-state index contributed by atoms with van der Waals surface area (Å²) in [4.78, 5) is 0. The van der Waals surface area contributed by atoms with Crippen molar-refractivity contribution in [1.82, 2.24) is 0 Å². The number of nitrogens with two attached hydrogens (primary N) is 4. The SMILES string of the molecule is Cc1c(N)ccc(-c2c(C)c(C)c(N)c(N)c2N)c1C. The summed E-state index contributed by atoms with van der Waals surface area (Å²) >= 11 is 0. The highest BCUT2D eigenvalue weighted by Gasteiger charge is 2.18. The molecule has 0 bridgehead atoms. The Hall–Kier alpha value is -2.36. The third-order valence-electron chi connectivity index (χ3n) is 4.29. The van der Waals surface area contributed by atoms with Crippen molar-refractivity contribution in [3.05, 3.63) is 34.4 Å². The fraction of sp³-hybridized carbons (Fsp3) is 0.250. The van der Waals surface area contributed by atoms with Crippen molar-refractivity contribution in [3.63, 3.8) is 0 Å². The smallest absolute Gasteiger partial charge is 0.0790 e. The summed E-state index contributed by atoms with van der Waals surface area (Å²) in [5.41, 5.74) is 32.7. The second-order valence-corrected chi connectivity index (χ2v) is 5.32. The van der Waals surface area contributed by atoms with Gasteiger partial charge in [0.05, 0.1) is 17.1 Å². The van der Waals surface area contributed by atoms with Gasteiger partial charge in [0.15, 0.2) is 0 Å². The lowest BCUT2D eigenvalue weighted by Crippen LogP contribution is -2.07. The first-order chi connectivity index (χ1) is 9.27. The maximum Gasteiger partial charge on any atom is 0.0790 e. The Labute approximate surface area is 119 Å². The molecular formula is C16H22N4. The molecule has 0 aromatic heterocycles. The van der Waals surface area contributed by atoms with E-state index in [2.05, 4.69) is 0 Å². The van der Waals surface area contributed by atoms with Gasteiger partial charge in [-0.05, 0) is 61.6 Å². The minimum atomic E-state index is 0.456. The van der Waals surface area contributed by atoms with Crippen LogP contribution in [-0.4, -0.2) is 0 Å². The maximum absolute atomic E-state index is 6.21. The summed E-state index contributed by atoms with van der Waals surface area (Å²) in [5, 5.41) is 0. The van der Waals surface area contributed by atoms with E-state index in [1.807, 2.05) is 39.8 Å². The molecule has 0 saturated heterocycles. The van der Waals surface area contributed by atoms with E-state index in [1.54, 1.807) is 0 Å². The molecule has 0 heterocycles. The predicted molar refractivity (Wildman–Crippen MR) is 88.5 cm³/mol. The van der Waals surface area contributed by atoms with Crippen LogP contribution in [0.3, 0.4) is 0 Å². The van der Waals surface area contributed by atoms with E-state index in [4.69, 9.17) is 22.9 Å². The van der Waals surface area contributed by atoms with Crippen molar-refractivity contribution in [2.75, 3.05) is 22.9 Å². The largest absolute Gasteiger partial charge is 0.399 e. The molecule has 4 heteroatoms. The van der Waals surface area contributed by atoms with E-state index in [0.29, 0.717) is 17.1 Å². The van der Waals surface area contributed by atoms with Gasteiger partial charge < -0.3 is 22.9 Å². The van der Waals surface area contributed by atoms with E-state index in [9.17, 15) is 0 Å². The molecule has 2 aromatic rings. The Kier molecular flexibility index (Phi) is 3.26. The van der Waals surface area contributed by atoms with Crippen LogP contribution in [0.25, 0.3) is 11.1 Å². The number of rotatable bonds is 1. The van der Waals surface area contributed by atoms with Gasteiger partial charge in [0.1, 0.15) is 0 Å². The topological polar surface area (TPSA) is 104 Å². The lowest BCUT2D eigenvalue weighted by molar-refractivity contribution is 1.31. The van der Waals surface area contributed by atoms with Gasteiger partial charge in [-0.25, -0.2) is 0 Å². The summed E-state index contributed by atoms with van der Waals surface area (Å²) in [6, 6.07) is 3.89. The first-order valence-electron chi connectivity index (χ1n) is 6.57. The number of anilines is 4. The van der Waals surface area contributed by atoms with Gasteiger partial charge in [-0.2, -0.15) is 0 Å². The average Bonchev–Trinajstić information content (AvgIpc) is 2.43. The first kappa shape index (κ1) is 14.1. The normalized spacial score (nSPS) is 10.8. The van der Waals surface area contributed by atoms with Gasteiger partial charge >= 0.3 is 0 Å². The molecular weight excluding hydrogens is 248 g/mol. The monoisotopic (exact) mass is 270 g/mol. The summed E-state index contributed by atoms with van der Waals surface area (Å²) in [7, 11) is 0. The Morgan fingerprint density at radius 3 is 1.80 bits per heavy atom. The molecule has 2 aromatic carbocycles. The molecule has 0 atom stereocenters. The maximum atomic E-state index is 6.21. The molecule has 20 heavy (non-hydrogen) atoms. The Bertz CT molecular complexity index is 673. The molecule has 0 aliphatic rings. The zero-order chi connectivity index (χ0) is 15.2. The Morgan fingerprint density at radius 1 is 0.600 bits per heavy atom. The lowest BCUT2D eigenvalue weighted by atomic mass is 9.89. The first-order valence-corrected chi connectivity index (χ1v) is 6.57. The van der Waals surface area contributed by atoms with Crippen LogP contribution < -0.4 is 22.9 Å². The highest BCUT2D eigenvalue weighted by Crippen LogP contribution is 2.42. The summed E-state index contributed by atoms with van der Waals surface area (Å²) < 4.78 is 0. The molecule has 8 N–H and O–H groups in total. The second-order valence-electron chi connectivity index (χ2n) is 5.32. The van der Waals surface area contributed by atoms with Crippen LogP contribution >= 0.6 is 0 Å². The fourth-order valence-corrected chi connectivity index (χ4v) is 2.53. The van der Waals surface area contributed by atoms with E-state index >= 15 is 0 Å². The fourth-order valence-electron chi connectivity index (χ4n) is 2.53. The van der Waals surface area contributed by atoms with Crippen molar-refractivity contribution >= 4 is 22.7 Å². The van der Waals surface area contributed by atoms with Crippen LogP contribution in [0.4, 0.5) is 22.7 Å². The predicted octanol–water partition coefficient (Wildman–Crippen LogP) is 2.92. The number of hydrogen-bond donors (Lipinski definition) is 4. The highest BCUT2D eigenvalue weighted by atomic mass is 14.7. The Morgan fingerprint density at radius 2 is 1.20 bits per heavy atom. The van der Waals surface area contributed by atoms with Crippen molar-refractivity contribution in [2.45, 2.75) is 27.7 Å². The van der Waals surface area contributed by atoms with Crippen molar-refractivity contribution in [3.8, 4) is 11.1 Å². The quantitative estimate of drug-likeness (QED) is 0.598. The van der Waals surface area contributed by atoms with Crippen LogP contribution in [0.2, 0.25) is 0 Å². The van der Waals surface area contributed by atoms with Crippen LogP contribution in [-0.2, 0) is 0 Å². The molecule has 0 amide bonds.